The van der Waals surface area contributed by atoms with Gasteiger partial charge in [-0.05, 0) is 24.3 Å². The molecular formula is C23H25F2N7O5S. The van der Waals surface area contributed by atoms with E-state index in [-0.39, 0.29) is 5.69 Å². The lowest BCUT2D eigenvalue weighted by Crippen LogP contribution is -2.46. The van der Waals surface area contributed by atoms with Gasteiger partial charge in [0.25, 0.3) is 10.0 Å². The molecule has 4 heterocycles. The molecule has 38 heavy (non-hydrogen) atoms. The van der Waals surface area contributed by atoms with E-state index in [4.69, 9.17) is 9.47 Å². The zero-order valence-electron chi connectivity index (χ0n) is 20.3. The highest BCUT2D eigenvalue weighted by molar-refractivity contribution is 7.89. The van der Waals surface area contributed by atoms with Gasteiger partial charge >= 0.3 is 5.69 Å². The van der Waals surface area contributed by atoms with Crippen molar-refractivity contribution in [1.82, 2.24) is 28.9 Å². The van der Waals surface area contributed by atoms with Gasteiger partial charge in [0, 0.05) is 62.6 Å². The van der Waals surface area contributed by atoms with Gasteiger partial charge < -0.3 is 9.47 Å². The minimum absolute atomic E-state index is 0.317. The monoisotopic (exact) mass is 549 g/mol. The average molecular weight is 550 g/mol. The molecule has 1 saturated heterocycles. The van der Waals surface area contributed by atoms with Crippen LogP contribution in [0.15, 0.2) is 57.4 Å². The van der Waals surface area contributed by atoms with Crippen molar-refractivity contribution in [1.29, 1.82) is 0 Å². The Kier molecular flexibility index (Phi) is 7.36. The summed E-state index contributed by atoms with van der Waals surface area (Å²) in [5, 5.41) is 5.43. The standard InChI is InChI=1S/C23H25F2N7O5S/c1-36-22-26-13-17(15-32(22)28-38(34,35)20-4-3-18(24)12-19(20)25)16-2-5-21-27-31(23(33)30(21)14-16)7-6-29-8-10-37-11-9-29/h2-5,12-15,22,28H,6-11H2,1H3. The second-order valence-corrected chi connectivity index (χ2v) is 10.2. The zero-order chi connectivity index (χ0) is 26.9. The van der Waals surface area contributed by atoms with Crippen LogP contribution in [0.1, 0.15) is 5.56 Å². The summed E-state index contributed by atoms with van der Waals surface area (Å²) in [5.74, 6) is -2.15. The van der Waals surface area contributed by atoms with E-state index in [0.29, 0.717) is 49.2 Å². The number of sulfonamides is 1. The van der Waals surface area contributed by atoms with Crippen LogP contribution in [0.25, 0.3) is 11.2 Å². The molecule has 12 nitrogen and oxygen atoms in total. The fourth-order valence-corrected chi connectivity index (χ4v) is 5.22. The highest BCUT2D eigenvalue weighted by Crippen LogP contribution is 2.21. The van der Waals surface area contributed by atoms with E-state index in [2.05, 4.69) is 19.8 Å². The first kappa shape index (κ1) is 26.1. The van der Waals surface area contributed by atoms with Crippen LogP contribution < -0.4 is 10.5 Å². The molecule has 1 N–H and O–H groups in total. The third-order valence-corrected chi connectivity index (χ3v) is 7.48. The molecule has 2 aliphatic rings. The first-order valence-corrected chi connectivity index (χ1v) is 13.2. The number of aromatic nitrogens is 3. The third kappa shape index (κ3) is 5.37. The quantitative estimate of drug-likeness (QED) is 0.435. The number of nitrogens with one attached hydrogen (secondary N) is 1. The number of halogens is 2. The van der Waals surface area contributed by atoms with Crippen molar-refractivity contribution in [3.05, 3.63) is 70.4 Å². The second kappa shape index (κ2) is 10.7. The number of fused-ring (bicyclic) bond motifs is 1. The van der Waals surface area contributed by atoms with Gasteiger partial charge in [0.15, 0.2) is 5.65 Å². The predicted molar refractivity (Wildman–Crippen MR) is 132 cm³/mol. The topological polar surface area (TPSA) is 123 Å². The Morgan fingerprint density at radius 1 is 1.16 bits per heavy atom. The van der Waals surface area contributed by atoms with Crippen LogP contribution in [-0.2, 0) is 26.0 Å². The van der Waals surface area contributed by atoms with Crippen LogP contribution in [0.2, 0.25) is 0 Å². The van der Waals surface area contributed by atoms with E-state index >= 15 is 0 Å². The van der Waals surface area contributed by atoms with E-state index in [1.54, 1.807) is 18.3 Å². The molecule has 2 aromatic heterocycles. The Morgan fingerprint density at radius 3 is 2.68 bits per heavy atom. The van der Waals surface area contributed by atoms with Crippen LogP contribution in [0.3, 0.4) is 0 Å². The highest BCUT2D eigenvalue weighted by Gasteiger charge is 2.27. The molecule has 0 amide bonds. The van der Waals surface area contributed by atoms with Crippen LogP contribution in [0.4, 0.5) is 8.78 Å². The lowest BCUT2D eigenvalue weighted by Gasteiger charge is -2.29. The molecule has 0 bridgehead atoms. The van der Waals surface area contributed by atoms with Crippen molar-refractivity contribution in [3.63, 3.8) is 0 Å². The second-order valence-electron chi connectivity index (χ2n) is 8.61. The van der Waals surface area contributed by atoms with Crippen molar-refractivity contribution >= 4 is 27.5 Å². The minimum Gasteiger partial charge on any atom is -0.379 e. The number of nitrogens with zero attached hydrogens (tertiary/aromatic N) is 6. The normalized spacial score (nSPS) is 18.8. The molecular weight excluding hydrogens is 524 g/mol. The first-order valence-electron chi connectivity index (χ1n) is 11.7. The largest absolute Gasteiger partial charge is 0.379 e. The number of pyridine rings is 1. The number of aliphatic imine (C=N–C) groups is 1. The van der Waals surface area contributed by atoms with Crippen molar-refractivity contribution < 1.29 is 26.7 Å². The summed E-state index contributed by atoms with van der Waals surface area (Å²) in [6.45, 7) is 4.02. The molecule has 15 heteroatoms. The lowest BCUT2D eigenvalue weighted by molar-refractivity contribution is -0.0103. The molecule has 1 aromatic carbocycles. The van der Waals surface area contributed by atoms with Gasteiger partial charge in [-0.1, -0.05) is 0 Å². The Balaban J connectivity index is 1.39. The summed E-state index contributed by atoms with van der Waals surface area (Å²) in [4.78, 5) is 20.8. The minimum atomic E-state index is -4.45. The zero-order valence-corrected chi connectivity index (χ0v) is 21.1. The van der Waals surface area contributed by atoms with Crippen molar-refractivity contribution in [2.75, 3.05) is 40.0 Å². The SMILES string of the molecule is COC1N=CC(c2ccc3nn(CCN4CCOCC4)c(=O)n3c2)=CN1NS(=O)(=O)c1ccc(F)cc1F. The van der Waals surface area contributed by atoms with Gasteiger partial charge in [-0.3, -0.25) is 9.91 Å². The smallest absolute Gasteiger partial charge is 0.350 e. The number of morpholine rings is 1. The third-order valence-electron chi connectivity index (χ3n) is 6.12. The van der Waals surface area contributed by atoms with Crippen LogP contribution >= 0.6 is 0 Å². The average Bonchev–Trinajstić information content (AvgIpc) is 3.22. The fraction of sp³-hybridized carbons (Fsp3) is 0.348. The maximum atomic E-state index is 14.2. The number of hydrogen-bond donors (Lipinski definition) is 1. The molecule has 5 rings (SSSR count). The molecule has 1 atom stereocenters. The summed E-state index contributed by atoms with van der Waals surface area (Å²) in [6, 6.07) is 5.53. The molecule has 0 saturated carbocycles. The molecule has 3 aromatic rings. The Morgan fingerprint density at radius 2 is 1.95 bits per heavy atom. The van der Waals surface area contributed by atoms with Crippen LogP contribution in [-0.4, -0.2) is 85.0 Å². The lowest BCUT2D eigenvalue weighted by atomic mass is 10.1. The molecule has 0 aliphatic carbocycles. The predicted octanol–water partition coefficient (Wildman–Crippen LogP) is 0.657. The number of benzene rings is 1. The van der Waals surface area contributed by atoms with Crippen LogP contribution in [0.5, 0.6) is 0 Å². The van der Waals surface area contributed by atoms with Crippen molar-refractivity contribution in [3.8, 4) is 0 Å². The molecule has 1 fully saturated rings. The van der Waals surface area contributed by atoms with Gasteiger partial charge in [0.2, 0.25) is 6.35 Å². The van der Waals surface area contributed by atoms with Gasteiger partial charge in [-0.15, -0.1) is 9.93 Å². The fourth-order valence-electron chi connectivity index (χ4n) is 4.13. The van der Waals surface area contributed by atoms with Crippen molar-refractivity contribution in [2.45, 2.75) is 17.8 Å². The molecule has 0 radical (unpaired) electrons. The Bertz CT molecular complexity index is 1560. The summed E-state index contributed by atoms with van der Waals surface area (Å²) < 4.78 is 66.4. The van der Waals surface area contributed by atoms with E-state index in [1.165, 1.54) is 28.6 Å². The van der Waals surface area contributed by atoms with Crippen molar-refractivity contribution in [2.24, 2.45) is 4.99 Å². The van der Waals surface area contributed by atoms with E-state index in [0.717, 1.165) is 30.2 Å². The number of hydrogen-bond acceptors (Lipinski definition) is 9. The Labute approximate surface area is 216 Å². The summed E-state index contributed by atoms with van der Waals surface area (Å²) in [6.07, 6.45) is 3.35. The van der Waals surface area contributed by atoms with E-state index in [9.17, 15) is 22.0 Å². The number of allylic oxidation sites excluding steroid dienone is 1. The highest BCUT2D eigenvalue weighted by atomic mass is 32.2. The number of ether oxygens (including phenoxy) is 2. The number of hydrazine groups is 1. The first-order chi connectivity index (χ1) is 18.2. The molecule has 1 unspecified atom stereocenters. The summed E-state index contributed by atoms with van der Waals surface area (Å²) in [7, 11) is -3.14. The van der Waals surface area contributed by atoms with Crippen LogP contribution in [0, 0.1) is 11.6 Å². The summed E-state index contributed by atoms with van der Waals surface area (Å²) >= 11 is 0. The van der Waals surface area contributed by atoms with Gasteiger partial charge in [0.1, 0.15) is 16.5 Å². The molecule has 202 valence electrons. The van der Waals surface area contributed by atoms with Gasteiger partial charge in [0.05, 0.1) is 19.8 Å². The maximum Gasteiger partial charge on any atom is 0.350 e. The summed E-state index contributed by atoms with van der Waals surface area (Å²) in [5.41, 5.74) is 1.12. The van der Waals surface area contributed by atoms with E-state index < -0.39 is 32.9 Å². The molecule has 0 spiro atoms. The molecule has 2 aliphatic heterocycles. The van der Waals surface area contributed by atoms with Gasteiger partial charge in [-0.25, -0.2) is 36.1 Å². The Hall–Kier alpha value is -3.50. The van der Waals surface area contributed by atoms with E-state index in [1.807, 2.05) is 0 Å². The number of rotatable bonds is 8. The number of methoxy groups -OCH3 is 1. The van der Waals surface area contributed by atoms with Gasteiger partial charge in [-0.2, -0.15) is 0 Å². The maximum absolute atomic E-state index is 14.2.